The molecule has 1 N–H and O–H groups in total. The van der Waals surface area contributed by atoms with E-state index in [1.807, 2.05) is 31.2 Å². The number of aryl methyl sites for hydroxylation is 1. The molecule has 2 aromatic heterocycles. The summed E-state index contributed by atoms with van der Waals surface area (Å²) in [5, 5.41) is 0. The molecule has 2 heterocycles. The van der Waals surface area contributed by atoms with Gasteiger partial charge < -0.3 is 9.72 Å². The van der Waals surface area contributed by atoms with Crippen molar-refractivity contribution in [1.29, 1.82) is 0 Å². The number of rotatable bonds is 3. The molecule has 5 heteroatoms. The fourth-order valence-corrected chi connectivity index (χ4v) is 1.99. The van der Waals surface area contributed by atoms with E-state index < -0.39 is 0 Å². The van der Waals surface area contributed by atoms with E-state index in [0.717, 1.165) is 34.2 Å². The molecule has 0 saturated heterocycles. The van der Waals surface area contributed by atoms with Gasteiger partial charge in [-0.1, -0.05) is 12.1 Å². The number of ether oxygens (including phenoxy) is 1. The lowest BCUT2D eigenvalue weighted by molar-refractivity contribution is 0.416. The highest BCUT2D eigenvalue weighted by molar-refractivity contribution is 5.69. The van der Waals surface area contributed by atoms with Gasteiger partial charge in [0.1, 0.15) is 17.4 Å². The Morgan fingerprint density at radius 1 is 1.00 bits per heavy atom. The van der Waals surface area contributed by atoms with Gasteiger partial charge in [-0.2, -0.15) is 0 Å². The maximum absolute atomic E-state index is 5.36. The number of aromatic nitrogens is 4. The van der Waals surface area contributed by atoms with Crippen molar-refractivity contribution in [3.63, 3.8) is 0 Å². The molecule has 0 amide bonds. The zero-order valence-electron chi connectivity index (χ0n) is 11.3. The maximum Gasteiger partial charge on any atom is 0.140 e. The van der Waals surface area contributed by atoms with Gasteiger partial charge in [0, 0.05) is 18.0 Å². The number of methoxy groups -OCH3 is 1. The normalized spacial score (nSPS) is 10.5. The van der Waals surface area contributed by atoms with Gasteiger partial charge in [-0.05, 0) is 19.1 Å². The van der Waals surface area contributed by atoms with Gasteiger partial charge in [-0.25, -0.2) is 15.0 Å². The number of hydrogen-bond donors (Lipinski definition) is 1. The van der Waals surface area contributed by atoms with Gasteiger partial charge in [-0.15, -0.1) is 0 Å². The van der Waals surface area contributed by atoms with Crippen LogP contribution in [0.1, 0.15) is 5.82 Å². The van der Waals surface area contributed by atoms with Crippen molar-refractivity contribution in [3.05, 3.63) is 48.7 Å². The highest BCUT2D eigenvalue weighted by Gasteiger charge is 2.09. The Bertz CT molecular complexity index is 719. The number of para-hydroxylation sites is 1. The predicted molar refractivity (Wildman–Crippen MR) is 76.3 cm³/mol. The molecule has 0 spiro atoms. The fourth-order valence-electron chi connectivity index (χ4n) is 1.99. The summed E-state index contributed by atoms with van der Waals surface area (Å²) in [6.07, 6.45) is 5.30. The second kappa shape index (κ2) is 5.13. The van der Waals surface area contributed by atoms with E-state index in [-0.39, 0.29) is 0 Å². The van der Waals surface area contributed by atoms with E-state index in [9.17, 15) is 0 Å². The molecule has 5 nitrogen and oxygen atoms in total. The molecule has 0 aliphatic rings. The average molecular weight is 266 g/mol. The molecule has 0 fully saturated rings. The minimum Gasteiger partial charge on any atom is -0.496 e. The molecule has 3 rings (SSSR count). The number of imidazole rings is 1. The topological polar surface area (TPSA) is 63.7 Å². The lowest BCUT2D eigenvalue weighted by Gasteiger charge is -2.05. The molecule has 0 radical (unpaired) electrons. The van der Waals surface area contributed by atoms with E-state index in [4.69, 9.17) is 4.74 Å². The zero-order chi connectivity index (χ0) is 13.9. The zero-order valence-corrected chi connectivity index (χ0v) is 11.3. The van der Waals surface area contributed by atoms with Crippen LogP contribution >= 0.6 is 0 Å². The third-order valence-electron chi connectivity index (χ3n) is 3.03. The first-order chi connectivity index (χ1) is 9.78. The summed E-state index contributed by atoms with van der Waals surface area (Å²) in [4.78, 5) is 16.0. The maximum atomic E-state index is 5.36. The van der Waals surface area contributed by atoms with Crippen LogP contribution in [0.4, 0.5) is 0 Å². The van der Waals surface area contributed by atoms with Crippen LogP contribution in [-0.4, -0.2) is 27.0 Å². The summed E-state index contributed by atoms with van der Waals surface area (Å²) in [5.41, 5.74) is 2.73. The third-order valence-corrected chi connectivity index (χ3v) is 3.03. The Hall–Kier alpha value is -2.69. The molecule has 0 bridgehead atoms. The van der Waals surface area contributed by atoms with Crippen LogP contribution in [-0.2, 0) is 0 Å². The monoisotopic (exact) mass is 266 g/mol. The quantitative estimate of drug-likeness (QED) is 0.791. The highest BCUT2D eigenvalue weighted by atomic mass is 16.5. The smallest absolute Gasteiger partial charge is 0.140 e. The van der Waals surface area contributed by atoms with Crippen LogP contribution in [0.3, 0.4) is 0 Å². The Morgan fingerprint density at radius 2 is 1.75 bits per heavy atom. The van der Waals surface area contributed by atoms with Crippen LogP contribution in [0.15, 0.2) is 42.9 Å². The minimum absolute atomic E-state index is 0.741. The first-order valence-electron chi connectivity index (χ1n) is 6.25. The van der Waals surface area contributed by atoms with E-state index in [2.05, 4.69) is 19.9 Å². The Morgan fingerprint density at radius 3 is 2.50 bits per heavy atom. The highest BCUT2D eigenvalue weighted by Crippen LogP contribution is 2.29. The van der Waals surface area contributed by atoms with Crippen LogP contribution in [0.2, 0.25) is 0 Å². The second-order valence-electron chi connectivity index (χ2n) is 4.36. The number of nitrogens with zero attached hydrogens (tertiary/aromatic N) is 3. The van der Waals surface area contributed by atoms with E-state index in [1.165, 1.54) is 0 Å². The molecule has 0 saturated carbocycles. The molecule has 3 aromatic rings. The molecule has 0 aliphatic heterocycles. The number of H-pyrrole nitrogens is 1. The molecule has 0 atom stereocenters. The summed E-state index contributed by atoms with van der Waals surface area (Å²) in [5.74, 6) is 2.29. The van der Waals surface area contributed by atoms with Crippen LogP contribution in [0.25, 0.3) is 22.6 Å². The molecular weight excluding hydrogens is 252 g/mol. The van der Waals surface area contributed by atoms with Crippen molar-refractivity contribution in [1.82, 2.24) is 19.9 Å². The van der Waals surface area contributed by atoms with E-state index in [0.29, 0.717) is 0 Å². The summed E-state index contributed by atoms with van der Waals surface area (Å²) in [6.45, 7) is 1.85. The summed E-state index contributed by atoms with van der Waals surface area (Å²) in [6, 6.07) is 7.81. The van der Waals surface area contributed by atoms with Gasteiger partial charge in [-0.3, -0.25) is 0 Å². The largest absolute Gasteiger partial charge is 0.496 e. The van der Waals surface area contributed by atoms with Gasteiger partial charge in [0.05, 0.1) is 24.6 Å². The van der Waals surface area contributed by atoms with Gasteiger partial charge in [0.15, 0.2) is 0 Å². The fraction of sp³-hybridized carbons (Fsp3) is 0.133. The molecule has 20 heavy (non-hydrogen) atoms. The van der Waals surface area contributed by atoms with Crippen molar-refractivity contribution < 1.29 is 4.74 Å². The lowest BCUT2D eigenvalue weighted by atomic mass is 10.1. The van der Waals surface area contributed by atoms with Gasteiger partial charge >= 0.3 is 0 Å². The van der Waals surface area contributed by atoms with E-state index >= 15 is 0 Å². The molecule has 1 aromatic carbocycles. The van der Waals surface area contributed by atoms with Gasteiger partial charge in [0.25, 0.3) is 0 Å². The number of nitrogens with one attached hydrogen (secondary N) is 1. The summed E-state index contributed by atoms with van der Waals surface area (Å²) >= 11 is 0. The van der Waals surface area contributed by atoms with E-state index in [1.54, 1.807) is 25.7 Å². The van der Waals surface area contributed by atoms with Crippen molar-refractivity contribution in [2.45, 2.75) is 6.92 Å². The molecule has 100 valence electrons. The van der Waals surface area contributed by atoms with Gasteiger partial charge in [0.2, 0.25) is 0 Å². The number of benzene rings is 1. The molecule has 0 unspecified atom stereocenters. The van der Waals surface area contributed by atoms with Crippen LogP contribution in [0.5, 0.6) is 5.75 Å². The Balaban J connectivity index is 2.00. The number of hydrogen-bond acceptors (Lipinski definition) is 4. The molecule has 0 aliphatic carbocycles. The predicted octanol–water partition coefficient (Wildman–Crippen LogP) is 2.85. The van der Waals surface area contributed by atoms with Crippen molar-refractivity contribution in [2.24, 2.45) is 0 Å². The Kier molecular flexibility index (Phi) is 3.16. The summed E-state index contributed by atoms with van der Waals surface area (Å²) < 4.78 is 5.36. The average Bonchev–Trinajstić information content (AvgIpc) is 2.97. The summed E-state index contributed by atoms with van der Waals surface area (Å²) in [7, 11) is 1.66. The lowest BCUT2D eigenvalue weighted by Crippen LogP contribution is -1.89. The third kappa shape index (κ3) is 2.25. The minimum atomic E-state index is 0.741. The molecular formula is C15H14N4O. The Labute approximate surface area is 116 Å². The standard InChI is InChI=1S/C15H14N4O/c1-10-16-7-11(8-17-10)15-18-9-13(19-15)12-5-3-4-6-14(12)20-2/h3-9H,1-2H3,(H,18,19). The first kappa shape index (κ1) is 12.3. The van der Waals surface area contributed by atoms with Crippen LogP contribution < -0.4 is 4.74 Å². The first-order valence-corrected chi connectivity index (χ1v) is 6.25. The second-order valence-corrected chi connectivity index (χ2v) is 4.36. The van der Waals surface area contributed by atoms with Crippen molar-refractivity contribution >= 4 is 0 Å². The van der Waals surface area contributed by atoms with Crippen molar-refractivity contribution in [3.8, 4) is 28.4 Å². The number of aromatic amines is 1. The van der Waals surface area contributed by atoms with Crippen LogP contribution in [0, 0.1) is 6.92 Å². The SMILES string of the molecule is COc1ccccc1-c1cnc(-c2cnc(C)nc2)[nH]1. The van der Waals surface area contributed by atoms with Crippen molar-refractivity contribution in [2.75, 3.05) is 7.11 Å².